The molecule has 91 heavy (non-hydrogen) atoms. The molecule has 1 aliphatic carbocycles. The molecule has 26 nitrogen and oxygen atoms in total. The summed E-state index contributed by atoms with van der Waals surface area (Å²) in [7, 11) is 0. The molecule has 1 aliphatic heterocycles. The van der Waals surface area contributed by atoms with Crippen LogP contribution in [-0.2, 0) is 63.8 Å². The number of likely N-dealkylation sites (tertiary alicyclic amines) is 1. The number of nitrogens with one attached hydrogen (secondary N) is 4. The highest BCUT2D eigenvalue weighted by atomic mass is 79.9. The van der Waals surface area contributed by atoms with Gasteiger partial charge in [-0.2, -0.15) is 5.10 Å². The number of aryl methyl sites for hydroxylation is 2. The second-order valence-electron chi connectivity index (χ2n) is 23.5. The van der Waals surface area contributed by atoms with E-state index in [0.29, 0.717) is 57.7 Å². The van der Waals surface area contributed by atoms with Gasteiger partial charge in [0.25, 0.3) is 0 Å². The molecule has 1 saturated carbocycles. The van der Waals surface area contributed by atoms with Gasteiger partial charge >= 0.3 is 11.9 Å². The number of carbonyl (C=O) groups is 9. The summed E-state index contributed by atoms with van der Waals surface area (Å²) in [6, 6.07) is 2.83. The molecule has 1 saturated heterocycles. The Labute approximate surface area is 539 Å². The Morgan fingerprint density at radius 1 is 0.681 bits per heavy atom. The first-order valence-corrected chi connectivity index (χ1v) is 32.6. The lowest BCUT2D eigenvalue weighted by atomic mass is 9.99. The molecule has 6 N–H and O–H groups in total. The van der Waals surface area contributed by atoms with E-state index in [4.69, 9.17) is 24.1 Å². The first-order valence-electron chi connectivity index (χ1n) is 31.9. The number of fused-ring (bicyclic) bond motifs is 2. The number of carboxylic acids is 2. The van der Waals surface area contributed by atoms with Gasteiger partial charge in [0.1, 0.15) is 53.8 Å². The average molecular weight is 1330 g/mol. The summed E-state index contributed by atoms with van der Waals surface area (Å²) in [4.78, 5) is 133. The van der Waals surface area contributed by atoms with E-state index in [2.05, 4.69) is 62.2 Å². The third-order valence-corrected chi connectivity index (χ3v) is 16.6. The van der Waals surface area contributed by atoms with Crippen LogP contribution in [0.3, 0.4) is 0 Å². The minimum atomic E-state index is -1.20. The maximum Gasteiger partial charge on any atom is 0.326 e. The van der Waals surface area contributed by atoms with Gasteiger partial charge in [0.15, 0.2) is 11.6 Å². The molecular weight excluding hydrogens is 1240 g/mol. The number of carboxylic acid groups (broad SMARTS) is 2. The van der Waals surface area contributed by atoms with Crippen LogP contribution in [0.25, 0.3) is 22.2 Å². The average Bonchev–Trinajstić information content (AvgIpc) is 1.54. The largest absolute Gasteiger partial charge is 0.481 e. The monoisotopic (exact) mass is 1330 g/mol. The molecule has 498 valence electrons. The number of anilines is 1. The molecular formula is C64H90BrN11O15. The Balaban J connectivity index is 0.773. The summed E-state index contributed by atoms with van der Waals surface area (Å²) < 4.78 is 24.0. The SMILES string of the molecule is CC(=O)c1nn(CC(=O)N2[C@H](C(=O)Nc3nc(Br)ccc3C)C[C@@]3(CNC(=O)COCCOCCCC(=O)COCCOCCNC(=O)CC[C@H](NC(=O)CCCCCCCCCCCCCCCCC(=O)O)C(=O)O)C[C@@H]23)c2cnc(-c3cnc(C)nc3)cc12. The minimum absolute atomic E-state index is 0.0462. The van der Waals surface area contributed by atoms with Gasteiger partial charge in [0.2, 0.25) is 29.5 Å². The van der Waals surface area contributed by atoms with Crippen molar-refractivity contribution in [1.29, 1.82) is 0 Å². The van der Waals surface area contributed by atoms with E-state index in [1.807, 2.05) is 6.92 Å². The van der Waals surface area contributed by atoms with Gasteiger partial charge in [-0.1, -0.05) is 83.1 Å². The lowest BCUT2D eigenvalue weighted by Gasteiger charge is -2.27. The maximum atomic E-state index is 14.4. The Morgan fingerprint density at radius 2 is 1.31 bits per heavy atom. The minimum Gasteiger partial charge on any atom is -0.481 e. The number of Topliss-reactive ketones (excluding diaryl/α,β-unsaturated/α-hetero) is 2. The van der Waals surface area contributed by atoms with Gasteiger partial charge < -0.3 is 55.3 Å². The van der Waals surface area contributed by atoms with E-state index in [-0.39, 0.29) is 152 Å². The van der Waals surface area contributed by atoms with E-state index in [1.165, 1.54) is 43.7 Å². The number of nitrogens with zero attached hydrogens (tertiary/aromatic N) is 7. The smallest absolute Gasteiger partial charge is 0.326 e. The van der Waals surface area contributed by atoms with E-state index < -0.39 is 41.3 Å². The quantitative estimate of drug-likeness (QED) is 0.0145. The number of rotatable bonds is 47. The number of unbranched alkanes of at least 4 members (excludes halogenated alkanes) is 13. The Hall–Kier alpha value is -7.20. The van der Waals surface area contributed by atoms with Gasteiger partial charge in [0.05, 0.1) is 50.4 Å². The van der Waals surface area contributed by atoms with Crippen LogP contribution in [-0.4, -0.2) is 182 Å². The van der Waals surface area contributed by atoms with Crippen LogP contribution in [0.4, 0.5) is 5.82 Å². The Kier molecular flexibility index (Phi) is 30.9. The summed E-state index contributed by atoms with van der Waals surface area (Å²) in [5.74, 6) is -3.34. The highest BCUT2D eigenvalue weighted by Crippen LogP contribution is 2.59. The normalized spacial score (nSPS) is 16.1. The maximum absolute atomic E-state index is 14.4. The number of pyridine rings is 2. The second kappa shape index (κ2) is 38.6. The third-order valence-electron chi connectivity index (χ3n) is 16.2. The fraction of sp³-hybridized carbons (Fsp3) is 0.625. The lowest BCUT2D eigenvalue weighted by Crippen LogP contribution is -2.47. The van der Waals surface area contributed by atoms with E-state index >= 15 is 0 Å². The van der Waals surface area contributed by atoms with Crippen molar-refractivity contribution in [2.75, 3.05) is 71.3 Å². The molecule has 6 rings (SSSR count). The molecule has 5 amide bonds. The van der Waals surface area contributed by atoms with Crippen molar-refractivity contribution in [3.63, 3.8) is 0 Å². The number of carbonyl (C=O) groups excluding carboxylic acids is 7. The van der Waals surface area contributed by atoms with Crippen molar-refractivity contribution in [2.45, 2.75) is 187 Å². The van der Waals surface area contributed by atoms with Crippen LogP contribution >= 0.6 is 15.9 Å². The first-order chi connectivity index (χ1) is 43.8. The van der Waals surface area contributed by atoms with Crippen LogP contribution < -0.4 is 21.3 Å². The fourth-order valence-electron chi connectivity index (χ4n) is 11.0. The molecule has 27 heteroatoms. The summed E-state index contributed by atoms with van der Waals surface area (Å²) >= 11 is 3.36. The lowest BCUT2D eigenvalue weighted by molar-refractivity contribution is -0.142. The molecule has 0 spiro atoms. The van der Waals surface area contributed by atoms with Crippen molar-refractivity contribution >= 4 is 85.7 Å². The van der Waals surface area contributed by atoms with E-state index in [0.717, 1.165) is 56.9 Å². The number of ether oxygens (including phenoxy) is 4. The number of aliphatic carboxylic acids is 2. The van der Waals surface area contributed by atoms with Gasteiger partial charge in [-0.05, 0) is 86.0 Å². The molecule has 0 radical (unpaired) electrons. The van der Waals surface area contributed by atoms with Crippen molar-refractivity contribution in [1.82, 2.24) is 50.6 Å². The van der Waals surface area contributed by atoms with Gasteiger partial charge in [-0.25, -0.2) is 19.7 Å². The number of aromatic nitrogens is 6. The third kappa shape index (κ3) is 25.1. The highest BCUT2D eigenvalue weighted by Gasteiger charge is 2.67. The van der Waals surface area contributed by atoms with E-state index in [1.54, 1.807) is 48.6 Å². The number of hydrogen-bond acceptors (Lipinski definition) is 18. The Bertz CT molecular complexity index is 3070. The topological polar surface area (TPSA) is 352 Å². The van der Waals surface area contributed by atoms with Crippen LogP contribution in [0.15, 0.2) is 41.4 Å². The molecule has 4 aromatic rings. The van der Waals surface area contributed by atoms with Gasteiger partial charge in [-0.3, -0.25) is 48.0 Å². The zero-order chi connectivity index (χ0) is 65.5. The zero-order valence-corrected chi connectivity index (χ0v) is 54.3. The zero-order valence-electron chi connectivity index (χ0n) is 52.7. The molecule has 5 heterocycles. The molecule has 4 aromatic heterocycles. The second-order valence-corrected chi connectivity index (χ2v) is 24.3. The summed E-state index contributed by atoms with van der Waals surface area (Å²) in [5, 5.41) is 34.4. The summed E-state index contributed by atoms with van der Waals surface area (Å²) in [6.07, 6.45) is 21.6. The van der Waals surface area contributed by atoms with Crippen molar-refractivity contribution < 1.29 is 72.3 Å². The predicted molar refractivity (Wildman–Crippen MR) is 339 cm³/mol. The number of hydrogen-bond donors (Lipinski definition) is 6. The standard InChI is InChI=1S/C64H90BrN11O15/c1-43-22-24-54(65)72-61(43)73-62(85)51-34-64(35-53(64)76(51)58(82)39-75-52-38-69-50(46-36-67-45(3)68-37-46)33-48(52)60(74-75)44(2)77)42-70-57(81)41-91-32-29-88-27-18-19-47(78)40-90-31-30-89-28-26-66-55(79)25-23-49(63(86)87)71-56(80)20-16-14-12-10-8-6-4-5-7-9-11-13-15-17-21-59(83)84/h22,24,33,36-38,49,51,53H,4-21,23,25-32,34-35,39-42H2,1-3H3,(H,66,79)(H,70,81)(H,71,80)(H,83,84)(H,86,87)(H,72,73,85)/t49-,51-,53+,64-/m0/s1. The summed E-state index contributed by atoms with van der Waals surface area (Å²) in [6.45, 7) is 5.84. The van der Waals surface area contributed by atoms with Crippen molar-refractivity contribution in [3.05, 3.63) is 58.5 Å². The van der Waals surface area contributed by atoms with E-state index in [9.17, 15) is 48.3 Å². The molecule has 0 unspecified atom stereocenters. The molecule has 0 aromatic carbocycles. The molecule has 2 fully saturated rings. The molecule has 0 bridgehead atoms. The van der Waals surface area contributed by atoms with Crippen LogP contribution in [0, 0.1) is 19.3 Å². The summed E-state index contributed by atoms with van der Waals surface area (Å²) in [5.41, 5.74) is 1.92. The predicted octanol–water partition coefficient (Wildman–Crippen LogP) is 7.19. The number of amides is 5. The van der Waals surface area contributed by atoms with Crippen LogP contribution in [0.5, 0.6) is 0 Å². The number of halogens is 1. The van der Waals surface area contributed by atoms with Gasteiger partial charge in [0, 0.05) is 87.1 Å². The number of ketones is 2. The number of piperidine rings is 1. The van der Waals surface area contributed by atoms with Crippen molar-refractivity contribution in [2.24, 2.45) is 5.41 Å². The van der Waals surface area contributed by atoms with Crippen LogP contribution in [0.2, 0.25) is 0 Å². The van der Waals surface area contributed by atoms with Crippen LogP contribution in [0.1, 0.15) is 170 Å². The van der Waals surface area contributed by atoms with Crippen molar-refractivity contribution in [3.8, 4) is 11.3 Å². The Morgan fingerprint density at radius 3 is 1.96 bits per heavy atom. The van der Waals surface area contributed by atoms with Gasteiger partial charge in [-0.15, -0.1) is 0 Å². The first kappa shape index (κ1) is 72.9. The molecule has 4 atom stereocenters. The highest BCUT2D eigenvalue weighted by molar-refractivity contribution is 9.10. The molecule has 2 aliphatic rings. The fourth-order valence-corrected chi connectivity index (χ4v) is 11.3.